The predicted octanol–water partition coefficient (Wildman–Crippen LogP) is 2.78. The lowest BCUT2D eigenvalue weighted by Crippen LogP contribution is -2.45. The number of carbonyl (C=O) groups is 1. The zero-order valence-corrected chi connectivity index (χ0v) is 12.6. The van der Waals surface area contributed by atoms with Crippen LogP contribution in [-0.4, -0.2) is 28.9 Å². The monoisotopic (exact) mass is 301 g/mol. The molecule has 0 aliphatic heterocycles. The Labute approximate surface area is 123 Å². The van der Waals surface area contributed by atoms with E-state index in [0.717, 1.165) is 18.2 Å². The first-order valence-corrected chi connectivity index (χ1v) is 6.69. The van der Waals surface area contributed by atoms with Crippen molar-refractivity contribution in [2.75, 3.05) is 0 Å². The first-order valence-electron chi connectivity index (χ1n) is 6.69. The second kappa shape index (κ2) is 6.85. The summed E-state index contributed by atoms with van der Waals surface area (Å²) in [6.45, 7) is 6.63. The highest BCUT2D eigenvalue weighted by Crippen LogP contribution is 2.13. The molecule has 1 rings (SSSR count). The number of benzene rings is 1. The largest absolute Gasteiger partial charge is 0.444 e. The number of alkyl carbamates (subject to hydrolysis) is 1. The minimum Gasteiger partial charge on any atom is -0.444 e. The molecule has 6 heteroatoms. The average molecular weight is 301 g/mol. The van der Waals surface area contributed by atoms with E-state index in [1.54, 1.807) is 20.8 Å². The minimum absolute atomic E-state index is 0.0889. The summed E-state index contributed by atoms with van der Waals surface area (Å²) in [5, 5.41) is 12.2. The summed E-state index contributed by atoms with van der Waals surface area (Å²) in [5.74, 6) is -1.40. The van der Waals surface area contributed by atoms with Crippen molar-refractivity contribution in [2.45, 2.75) is 51.9 Å². The maximum absolute atomic E-state index is 13.1. The molecule has 2 atom stereocenters. The third-order valence-electron chi connectivity index (χ3n) is 2.66. The van der Waals surface area contributed by atoms with E-state index in [2.05, 4.69) is 5.32 Å². The molecule has 1 aromatic carbocycles. The Morgan fingerprint density at radius 3 is 2.24 bits per heavy atom. The number of rotatable bonds is 4. The fourth-order valence-electron chi connectivity index (χ4n) is 1.78. The van der Waals surface area contributed by atoms with Crippen LogP contribution < -0.4 is 5.32 Å². The van der Waals surface area contributed by atoms with Gasteiger partial charge in [-0.05, 0) is 51.8 Å². The van der Waals surface area contributed by atoms with Crippen LogP contribution in [-0.2, 0) is 11.2 Å². The van der Waals surface area contributed by atoms with Crippen LogP contribution >= 0.6 is 0 Å². The lowest BCUT2D eigenvalue weighted by molar-refractivity contribution is 0.0437. The maximum atomic E-state index is 13.1. The summed E-state index contributed by atoms with van der Waals surface area (Å²) in [5.41, 5.74) is -0.326. The molecule has 0 fully saturated rings. The number of halogens is 2. The van der Waals surface area contributed by atoms with Gasteiger partial charge >= 0.3 is 6.09 Å². The van der Waals surface area contributed by atoms with Crippen LogP contribution in [0.25, 0.3) is 0 Å². The van der Waals surface area contributed by atoms with Crippen LogP contribution in [0.3, 0.4) is 0 Å². The normalized spacial score (nSPS) is 14.4. The van der Waals surface area contributed by atoms with Gasteiger partial charge in [0.05, 0.1) is 12.1 Å². The molecular weight excluding hydrogens is 280 g/mol. The van der Waals surface area contributed by atoms with Gasteiger partial charge in [-0.2, -0.15) is 0 Å². The first-order chi connectivity index (χ1) is 9.56. The van der Waals surface area contributed by atoms with Crippen molar-refractivity contribution in [1.29, 1.82) is 0 Å². The predicted molar refractivity (Wildman–Crippen MR) is 74.9 cm³/mol. The molecule has 2 unspecified atom stereocenters. The van der Waals surface area contributed by atoms with E-state index in [4.69, 9.17) is 4.74 Å². The van der Waals surface area contributed by atoms with E-state index in [-0.39, 0.29) is 6.42 Å². The first kappa shape index (κ1) is 17.4. The standard InChI is InChI=1S/C15H21F2NO3/c1-9(19)13(18-14(20)21-15(2,3)4)7-10-5-11(16)8-12(17)6-10/h5-6,8-9,13,19H,7H2,1-4H3,(H,18,20). The van der Waals surface area contributed by atoms with Crippen molar-refractivity contribution in [3.8, 4) is 0 Å². The SMILES string of the molecule is CC(O)C(Cc1cc(F)cc(F)c1)NC(=O)OC(C)(C)C. The highest BCUT2D eigenvalue weighted by molar-refractivity contribution is 5.68. The van der Waals surface area contributed by atoms with Crippen molar-refractivity contribution >= 4 is 6.09 Å². The molecule has 0 radical (unpaired) electrons. The quantitative estimate of drug-likeness (QED) is 0.899. The third-order valence-corrected chi connectivity index (χ3v) is 2.66. The fraction of sp³-hybridized carbons (Fsp3) is 0.533. The van der Waals surface area contributed by atoms with Crippen LogP contribution in [0.1, 0.15) is 33.3 Å². The summed E-state index contributed by atoms with van der Waals surface area (Å²) < 4.78 is 31.4. The zero-order valence-electron chi connectivity index (χ0n) is 12.6. The van der Waals surface area contributed by atoms with Crippen LogP contribution in [0.2, 0.25) is 0 Å². The number of aliphatic hydroxyl groups excluding tert-OH is 1. The Morgan fingerprint density at radius 2 is 1.81 bits per heavy atom. The van der Waals surface area contributed by atoms with Crippen molar-refractivity contribution < 1.29 is 23.4 Å². The van der Waals surface area contributed by atoms with E-state index in [9.17, 15) is 18.7 Å². The highest BCUT2D eigenvalue weighted by Gasteiger charge is 2.23. The zero-order chi connectivity index (χ0) is 16.2. The molecule has 2 N–H and O–H groups in total. The summed E-state index contributed by atoms with van der Waals surface area (Å²) in [7, 11) is 0. The number of carbonyl (C=O) groups excluding carboxylic acids is 1. The number of hydrogen-bond acceptors (Lipinski definition) is 3. The van der Waals surface area contributed by atoms with Gasteiger partial charge < -0.3 is 15.2 Å². The summed E-state index contributed by atoms with van der Waals surface area (Å²) in [6.07, 6.45) is -1.50. The van der Waals surface area contributed by atoms with Crippen molar-refractivity contribution in [3.63, 3.8) is 0 Å². The number of amides is 1. The molecule has 4 nitrogen and oxygen atoms in total. The summed E-state index contributed by atoms with van der Waals surface area (Å²) in [4.78, 5) is 11.7. The Kier molecular flexibility index (Phi) is 5.66. The summed E-state index contributed by atoms with van der Waals surface area (Å²) >= 11 is 0. The van der Waals surface area contributed by atoms with E-state index in [0.29, 0.717) is 5.56 Å². The van der Waals surface area contributed by atoms with Gasteiger partial charge in [0.2, 0.25) is 0 Å². The highest BCUT2D eigenvalue weighted by atomic mass is 19.1. The Hall–Kier alpha value is -1.69. The number of ether oxygens (including phenoxy) is 1. The van der Waals surface area contributed by atoms with Crippen LogP contribution in [0.4, 0.5) is 13.6 Å². The third kappa shape index (κ3) is 6.53. The Morgan fingerprint density at radius 1 is 1.29 bits per heavy atom. The molecule has 118 valence electrons. The lowest BCUT2D eigenvalue weighted by atomic mass is 10.0. The van der Waals surface area contributed by atoms with E-state index >= 15 is 0 Å². The minimum atomic E-state index is -0.899. The molecule has 1 aromatic rings. The van der Waals surface area contributed by atoms with Crippen LogP contribution in [0, 0.1) is 11.6 Å². The van der Waals surface area contributed by atoms with Crippen LogP contribution in [0.15, 0.2) is 18.2 Å². The summed E-state index contributed by atoms with van der Waals surface area (Å²) in [6, 6.07) is 2.38. The Balaban J connectivity index is 2.76. The lowest BCUT2D eigenvalue weighted by Gasteiger charge is -2.25. The molecule has 0 aliphatic carbocycles. The molecular formula is C15H21F2NO3. The number of nitrogens with one attached hydrogen (secondary N) is 1. The molecule has 0 aromatic heterocycles. The van der Waals surface area contributed by atoms with Gasteiger partial charge in [-0.1, -0.05) is 0 Å². The Bertz CT molecular complexity index is 478. The molecule has 0 spiro atoms. The molecule has 21 heavy (non-hydrogen) atoms. The smallest absolute Gasteiger partial charge is 0.407 e. The van der Waals surface area contributed by atoms with Gasteiger partial charge in [0.1, 0.15) is 17.2 Å². The van der Waals surface area contributed by atoms with Gasteiger partial charge in [0.25, 0.3) is 0 Å². The number of aliphatic hydroxyl groups is 1. The number of hydrogen-bond donors (Lipinski definition) is 2. The van der Waals surface area contributed by atoms with Crippen molar-refractivity contribution in [1.82, 2.24) is 5.32 Å². The molecule has 0 saturated heterocycles. The topological polar surface area (TPSA) is 58.6 Å². The van der Waals surface area contributed by atoms with E-state index in [1.807, 2.05) is 0 Å². The van der Waals surface area contributed by atoms with Gasteiger partial charge in [-0.15, -0.1) is 0 Å². The molecule has 0 heterocycles. The van der Waals surface area contributed by atoms with Gasteiger partial charge in [0, 0.05) is 6.07 Å². The molecule has 0 saturated carbocycles. The maximum Gasteiger partial charge on any atom is 0.407 e. The van der Waals surface area contributed by atoms with Gasteiger partial charge in [-0.3, -0.25) is 0 Å². The van der Waals surface area contributed by atoms with Crippen molar-refractivity contribution in [3.05, 3.63) is 35.4 Å². The second-order valence-corrected chi connectivity index (χ2v) is 5.98. The molecule has 1 amide bonds. The van der Waals surface area contributed by atoms with Gasteiger partial charge in [0.15, 0.2) is 0 Å². The van der Waals surface area contributed by atoms with E-state index < -0.39 is 35.5 Å². The van der Waals surface area contributed by atoms with Crippen molar-refractivity contribution in [2.24, 2.45) is 0 Å². The molecule has 0 aliphatic rings. The second-order valence-electron chi connectivity index (χ2n) is 5.98. The van der Waals surface area contributed by atoms with Crippen LogP contribution in [0.5, 0.6) is 0 Å². The van der Waals surface area contributed by atoms with Gasteiger partial charge in [-0.25, -0.2) is 13.6 Å². The fourth-order valence-corrected chi connectivity index (χ4v) is 1.78. The van der Waals surface area contributed by atoms with E-state index in [1.165, 1.54) is 6.92 Å². The average Bonchev–Trinajstić information content (AvgIpc) is 2.23. The molecule has 0 bridgehead atoms.